The SMILES string of the molecule is Cn1ccc(CNC(=O)c2cc3cc(N)ccc3[nH]2)n1. The molecule has 20 heavy (non-hydrogen) atoms. The number of fused-ring (bicyclic) bond motifs is 1. The van der Waals surface area contributed by atoms with Crippen LogP contribution in [0.3, 0.4) is 0 Å². The molecule has 2 heterocycles. The average Bonchev–Trinajstić information content (AvgIpc) is 3.01. The van der Waals surface area contributed by atoms with E-state index in [1.807, 2.05) is 31.4 Å². The van der Waals surface area contributed by atoms with Crippen LogP contribution in [0.4, 0.5) is 5.69 Å². The lowest BCUT2D eigenvalue weighted by molar-refractivity contribution is 0.0946. The van der Waals surface area contributed by atoms with Crippen LogP contribution in [0.25, 0.3) is 10.9 Å². The minimum absolute atomic E-state index is 0.162. The zero-order valence-corrected chi connectivity index (χ0v) is 11.1. The van der Waals surface area contributed by atoms with Crippen LogP contribution in [0, 0.1) is 0 Å². The molecule has 2 aromatic heterocycles. The van der Waals surface area contributed by atoms with Gasteiger partial charge in [0.1, 0.15) is 5.69 Å². The summed E-state index contributed by atoms with van der Waals surface area (Å²) in [5.41, 5.74) is 8.63. The highest BCUT2D eigenvalue weighted by molar-refractivity contribution is 5.98. The number of aryl methyl sites for hydroxylation is 1. The van der Waals surface area contributed by atoms with Crippen molar-refractivity contribution in [3.05, 3.63) is 47.9 Å². The van der Waals surface area contributed by atoms with E-state index in [-0.39, 0.29) is 5.91 Å². The third-order valence-electron chi connectivity index (χ3n) is 3.09. The predicted octanol–water partition coefficient (Wildman–Crippen LogP) is 1.41. The predicted molar refractivity (Wildman–Crippen MR) is 77.1 cm³/mol. The van der Waals surface area contributed by atoms with Gasteiger partial charge in [0, 0.05) is 29.8 Å². The van der Waals surface area contributed by atoms with Gasteiger partial charge in [0.05, 0.1) is 12.2 Å². The molecule has 0 unspecified atom stereocenters. The summed E-state index contributed by atoms with van der Waals surface area (Å²) in [5, 5.41) is 7.96. The van der Waals surface area contributed by atoms with Gasteiger partial charge in [-0.1, -0.05) is 0 Å². The number of H-pyrrole nitrogens is 1. The number of hydrogen-bond donors (Lipinski definition) is 3. The van der Waals surface area contributed by atoms with Crippen LogP contribution in [-0.2, 0) is 13.6 Å². The van der Waals surface area contributed by atoms with E-state index in [2.05, 4.69) is 15.4 Å². The minimum atomic E-state index is -0.162. The number of nitrogens with two attached hydrogens (primary N) is 1. The van der Waals surface area contributed by atoms with Crippen molar-refractivity contribution in [1.82, 2.24) is 20.1 Å². The summed E-state index contributed by atoms with van der Waals surface area (Å²) in [5.74, 6) is -0.162. The Labute approximate surface area is 115 Å². The largest absolute Gasteiger partial charge is 0.399 e. The van der Waals surface area contributed by atoms with E-state index in [0.717, 1.165) is 16.6 Å². The molecule has 3 rings (SSSR count). The second kappa shape index (κ2) is 4.73. The molecule has 1 amide bonds. The number of aromatic amines is 1. The summed E-state index contributed by atoms with van der Waals surface area (Å²) in [7, 11) is 1.84. The Balaban J connectivity index is 1.75. The number of benzene rings is 1. The van der Waals surface area contributed by atoms with Crippen molar-refractivity contribution in [3.8, 4) is 0 Å². The molecule has 0 aliphatic carbocycles. The molecule has 3 aromatic rings. The molecular formula is C14H15N5O. The first kappa shape index (κ1) is 12.3. The Kier molecular flexibility index (Phi) is 2.90. The van der Waals surface area contributed by atoms with E-state index in [9.17, 15) is 4.79 Å². The highest BCUT2D eigenvalue weighted by Crippen LogP contribution is 2.18. The molecule has 6 heteroatoms. The van der Waals surface area contributed by atoms with Crippen molar-refractivity contribution in [2.24, 2.45) is 7.05 Å². The van der Waals surface area contributed by atoms with Gasteiger partial charge in [-0.05, 0) is 30.3 Å². The number of nitrogens with one attached hydrogen (secondary N) is 2. The van der Waals surface area contributed by atoms with Crippen molar-refractivity contribution >= 4 is 22.5 Å². The van der Waals surface area contributed by atoms with Gasteiger partial charge in [-0.2, -0.15) is 5.10 Å². The Morgan fingerprint density at radius 2 is 2.25 bits per heavy atom. The fourth-order valence-corrected chi connectivity index (χ4v) is 2.10. The number of nitrogen functional groups attached to an aromatic ring is 1. The van der Waals surface area contributed by atoms with Gasteiger partial charge in [0.25, 0.3) is 5.91 Å². The smallest absolute Gasteiger partial charge is 0.268 e. The molecule has 0 aliphatic rings. The van der Waals surface area contributed by atoms with Crippen LogP contribution >= 0.6 is 0 Å². The van der Waals surface area contributed by atoms with E-state index in [4.69, 9.17) is 5.73 Å². The summed E-state index contributed by atoms with van der Waals surface area (Å²) in [6.07, 6.45) is 1.84. The summed E-state index contributed by atoms with van der Waals surface area (Å²) in [4.78, 5) is 15.1. The van der Waals surface area contributed by atoms with Gasteiger partial charge in [-0.25, -0.2) is 0 Å². The van der Waals surface area contributed by atoms with E-state index in [1.165, 1.54) is 0 Å². The zero-order valence-electron chi connectivity index (χ0n) is 11.1. The molecule has 102 valence electrons. The van der Waals surface area contributed by atoms with Gasteiger partial charge < -0.3 is 16.0 Å². The van der Waals surface area contributed by atoms with Gasteiger partial charge >= 0.3 is 0 Å². The Morgan fingerprint density at radius 1 is 1.40 bits per heavy atom. The second-order valence-corrected chi connectivity index (χ2v) is 4.69. The van der Waals surface area contributed by atoms with Gasteiger partial charge in [-0.15, -0.1) is 0 Å². The fourth-order valence-electron chi connectivity index (χ4n) is 2.10. The summed E-state index contributed by atoms with van der Waals surface area (Å²) in [6, 6.07) is 9.15. The van der Waals surface area contributed by atoms with E-state index < -0.39 is 0 Å². The Bertz CT molecular complexity index is 771. The topological polar surface area (TPSA) is 88.7 Å². The molecule has 0 bridgehead atoms. The van der Waals surface area contributed by atoms with Crippen molar-refractivity contribution < 1.29 is 4.79 Å². The van der Waals surface area contributed by atoms with Crippen LogP contribution in [0.2, 0.25) is 0 Å². The number of carbonyl (C=O) groups is 1. The normalized spacial score (nSPS) is 10.8. The number of nitrogens with zero attached hydrogens (tertiary/aromatic N) is 2. The van der Waals surface area contributed by atoms with Crippen molar-refractivity contribution in [2.45, 2.75) is 6.54 Å². The first-order valence-electron chi connectivity index (χ1n) is 6.27. The first-order chi connectivity index (χ1) is 9.61. The number of anilines is 1. The lowest BCUT2D eigenvalue weighted by Gasteiger charge is -2.00. The molecule has 0 radical (unpaired) electrons. The minimum Gasteiger partial charge on any atom is -0.399 e. The number of amides is 1. The van der Waals surface area contributed by atoms with Crippen molar-refractivity contribution in [1.29, 1.82) is 0 Å². The highest BCUT2D eigenvalue weighted by Gasteiger charge is 2.09. The molecule has 0 saturated heterocycles. The second-order valence-electron chi connectivity index (χ2n) is 4.69. The highest BCUT2D eigenvalue weighted by atomic mass is 16.1. The Morgan fingerprint density at radius 3 is 3.00 bits per heavy atom. The van der Waals surface area contributed by atoms with Crippen LogP contribution < -0.4 is 11.1 Å². The summed E-state index contributed by atoms with van der Waals surface area (Å²) in [6.45, 7) is 0.400. The van der Waals surface area contributed by atoms with Gasteiger partial charge in [0.2, 0.25) is 0 Å². The summed E-state index contributed by atoms with van der Waals surface area (Å²) < 4.78 is 1.70. The number of hydrogen-bond acceptors (Lipinski definition) is 3. The fraction of sp³-hybridized carbons (Fsp3) is 0.143. The lowest BCUT2D eigenvalue weighted by Crippen LogP contribution is -2.23. The average molecular weight is 269 g/mol. The van der Waals surface area contributed by atoms with Crippen LogP contribution in [0.1, 0.15) is 16.2 Å². The molecule has 0 atom stereocenters. The summed E-state index contributed by atoms with van der Waals surface area (Å²) >= 11 is 0. The third kappa shape index (κ3) is 2.35. The van der Waals surface area contributed by atoms with E-state index in [1.54, 1.807) is 16.8 Å². The first-order valence-corrected chi connectivity index (χ1v) is 6.27. The quantitative estimate of drug-likeness (QED) is 0.628. The van der Waals surface area contributed by atoms with Crippen molar-refractivity contribution in [2.75, 3.05) is 5.73 Å². The molecule has 0 fully saturated rings. The van der Waals surface area contributed by atoms with Crippen LogP contribution in [0.5, 0.6) is 0 Å². The molecule has 0 spiro atoms. The molecular weight excluding hydrogens is 254 g/mol. The van der Waals surface area contributed by atoms with Crippen LogP contribution in [0.15, 0.2) is 36.5 Å². The number of aromatic nitrogens is 3. The lowest BCUT2D eigenvalue weighted by atomic mass is 10.2. The standard InChI is InChI=1S/C14H15N5O/c1-19-5-4-11(18-19)8-16-14(20)13-7-9-6-10(15)2-3-12(9)17-13/h2-7,17H,8,15H2,1H3,(H,16,20). The van der Waals surface area contributed by atoms with Crippen LogP contribution in [-0.4, -0.2) is 20.7 Å². The third-order valence-corrected chi connectivity index (χ3v) is 3.09. The molecule has 1 aromatic carbocycles. The van der Waals surface area contributed by atoms with E-state index >= 15 is 0 Å². The van der Waals surface area contributed by atoms with Crippen molar-refractivity contribution in [3.63, 3.8) is 0 Å². The maximum absolute atomic E-state index is 12.1. The number of rotatable bonds is 3. The van der Waals surface area contributed by atoms with Gasteiger partial charge in [0.15, 0.2) is 0 Å². The van der Waals surface area contributed by atoms with E-state index in [0.29, 0.717) is 17.9 Å². The maximum Gasteiger partial charge on any atom is 0.268 e. The number of carbonyl (C=O) groups excluding carboxylic acids is 1. The molecule has 0 aliphatic heterocycles. The monoisotopic (exact) mass is 269 g/mol. The molecule has 0 saturated carbocycles. The molecule has 4 N–H and O–H groups in total. The maximum atomic E-state index is 12.1. The van der Waals surface area contributed by atoms with Gasteiger partial charge in [-0.3, -0.25) is 9.48 Å². The Hall–Kier alpha value is -2.76. The molecule has 6 nitrogen and oxygen atoms in total. The zero-order chi connectivity index (χ0) is 14.1.